The van der Waals surface area contributed by atoms with Crippen LogP contribution < -0.4 is 10.6 Å². The molecule has 1 aromatic carbocycles. The third-order valence-electron chi connectivity index (χ3n) is 4.98. The SMILES string of the molecule is CC(N)c1cc(F)ccc1N1CC2CCCCN2CC1C. The van der Waals surface area contributed by atoms with Gasteiger partial charge in [0.2, 0.25) is 0 Å². The van der Waals surface area contributed by atoms with Crippen molar-refractivity contribution < 1.29 is 4.39 Å². The highest BCUT2D eigenvalue weighted by Crippen LogP contribution is 2.32. The molecule has 0 saturated carbocycles. The second kappa shape index (κ2) is 5.93. The van der Waals surface area contributed by atoms with Gasteiger partial charge in [0.05, 0.1) is 0 Å². The van der Waals surface area contributed by atoms with Gasteiger partial charge in [-0.25, -0.2) is 4.39 Å². The van der Waals surface area contributed by atoms with Gasteiger partial charge in [-0.05, 0) is 57.0 Å². The molecule has 1 aromatic rings. The lowest BCUT2D eigenvalue weighted by Gasteiger charge is -2.49. The van der Waals surface area contributed by atoms with Gasteiger partial charge in [0, 0.05) is 36.9 Å². The Hall–Kier alpha value is -1.13. The summed E-state index contributed by atoms with van der Waals surface area (Å²) in [6, 6.07) is 6.00. The summed E-state index contributed by atoms with van der Waals surface area (Å²) in [7, 11) is 0. The largest absolute Gasteiger partial charge is 0.366 e. The van der Waals surface area contributed by atoms with Crippen LogP contribution in [0.25, 0.3) is 0 Å². The van der Waals surface area contributed by atoms with Gasteiger partial charge >= 0.3 is 0 Å². The Morgan fingerprint density at radius 1 is 1.29 bits per heavy atom. The molecule has 3 unspecified atom stereocenters. The van der Waals surface area contributed by atoms with E-state index in [1.165, 1.54) is 25.8 Å². The Bertz CT molecular complexity index is 503. The number of piperidine rings is 1. The summed E-state index contributed by atoms with van der Waals surface area (Å²) in [5, 5.41) is 0. The van der Waals surface area contributed by atoms with E-state index >= 15 is 0 Å². The third kappa shape index (κ3) is 2.92. The highest BCUT2D eigenvalue weighted by Gasteiger charge is 2.33. The molecule has 0 radical (unpaired) electrons. The van der Waals surface area contributed by atoms with Crippen molar-refractivity contribution in [3.05, 3.63) is 29.6 Å². The average Bonchev–Trinajstić information content (AvgIpc) is 2.46. The molecule has 0 aliphatic carbocycles. The summed E-state index contributed by atoms with van der Waals surface area (Å²) in [5.41, 5.74) is 8.10. The number of fused-ring (bicyclic) bond motifs is 1. The van der Waals surface area contributed by atoms with E-state index in [1.807, 2.05) is 13.0 Å². The minimum absolute atomic E-state index is 0.146. The molecule has 0 amide bonds. The minimum Gasteiger partial charge on any atom is -0.366 e. The third-order valence-corrected chi connectivity index (χ3v) is 4.98. The molecule has 2 saturated heterocycles. The molecule has 0 bridgehead atoms. The Labute approximate surface area is 126 Å². The highest BCUT2D eigenvalue weighted by molar-refractivity contribution is 5.56. The van der Waals surface area contributed by atoms with E-state index in [0.717, 1.165) is 24.3 Å². The lowest BCUT2D eigenvalue weighted by molar-refractivity contribution is 0.115. The van der Waals surface area contributed by atoms with Crippen molar-refractivity contribution in [1.82, 2.24) is 4.90 Å². The van der Waals surface area contributed by atoms with Crippen LogP contribution in [0, 0.1) is 5.82 Å². The lowest BCUT2D eigenvalue weighted by Crippen LogP contribution is -2.59. The molecule has 116 valence electrons. The average molecular weight is 291 g/mol. The highest BCUT2D eigenvalue weighted by atomic mass is 19.1. The van der Waals surface area contributed by atoms with Crippen molar-refractivity contribution in [2.45, 2.75) is 51.2 Å². The van der Waals surface area contributed by atoms with E-state index < -0.39 is 0 Å². The Kier molecular flexibility index (Phi) is 4.18. The number of piperazine rings is 1. The van der Waals surface area contributed by atoms with Crippen LogP contribution in [0.2, 0.25) is 0 Å². The quantitative estimate of drug-likeness (QED) is 0.909. The van der Waals surface area contributed by atoms with Crippen molar-refractivity contribution in [2.75, 3.05) is 24.5 Å². The molecule has 3 nitrogen and oxygen atoms in total. The summed E-state index contributed by atoms with van der Waals surface area (Å²) in [5.74, 6) is -0.199. The second-order valence-corrected chi connectivity index (χ2v) is 6.64. The van der Waals surface area contributed by atoms with Crippen molar-refractivity contribution in [3.8, 4) is 0 Å². The predicted octanol–water partition coefficient (Wildman–Crippen LogP) is 2.91. The van der Waals surface area contributed by atoms with Crippen molar-refractivity contribution >= 4 is 5.69 Å². The van der Waals surface area contributed by atoms with E-state index in [0.29, 0.717) is 12.1 Å². The van der Waals surface area contributed by atoms with Gasteiger partial charge in [-0.2, -0.15) is 0 Å². The smallest absolute Gasteiger partial charge is 0.123 e. The zero-order valence-corrected chi connectivity index (χ0v) is 13.1. The molecular weight excluding hydrogens is 265 g/mol. The van der Waals surface area contributed by atoms with E-state index in [1.54, 1.807) is 12.1 Å². The topological polar surface area (TPSA) is 32.5 Å². The van der Waals surface area contributed by atoms with Gasteiger partial charge in [-0.3, -0.25) is 4.90 Å². The number of hydrogen-bond acceptors (Lipinski definition) is 3. The summed E-state index contributed by atoms with van der Waals surface area (Å²) in [6.45, 7) is 7.55. The van der Waals surface area contributed by atoms with Gasteiger partial charge in [0.25, 0.3) is 0 Å². The first-order valence-electron chi connectivity index (χ1n) is 8.12. The fraction of sp³-hybridized carbons (Fsp3) is 0.647. The van der Waals surface area contributed by atoms with E-state index in [4.69, 9.17) is 5.73 Å². The molecule has 4 heteroatoms. The first-order valence-corrected chi connectivity index (χ1v) is 8.12. The van der Waals surface area contributed by atoms with Gasteiger partial charge in [-0.15, -0.1) is 0 Å². The fourth-order valence-electron chi connectivity index (χ4n) is 3.84. The molecule has 2 N–H and O–H groups in total. The van der Waals surface area contributed by atoms with E-state index in [2.05, 4.69) is 16.7 Å². The predicted molar refractivity (Wildman–Crippen MR) is 85.0 cm³/mol. The van der Waals surface area contributed by atoms with Crippen LogP contribution in [0.3, 0.4) is 0 Å². The number of halogens is 1. The van der Waals surface area contributed by atoms with E-state index in [-0.39, 0.29) is 11.9 Å². The van der Waals surface area contributed by atoms with Crippen LogP contribution in [0.15, 0.2) is 18.2 Å². The first kappa shape index (κ1) is 14.8. The number of nitrogens with zero attached hydrogens (tertiary/aromatic N) is 2. The Morgan fingerprint density at radius 2 is 2.10 bits per heavy atom. The molecule has 0 aromatic heterocycles. The van der Waals surface area contributed by atoms with Crippen LogP contribution in [-0.2, 0) is 0 Å². The number of nitrogens with two attached hydrogens (primary N) is 1. The molecule has 2 aliphatic rings. The summed E-state index contributed by atoms with van der Waals surface area (Å²) >= 11 is 0. The number of anilines is 1. The summed E-state index contributed by atoms with van der Waals surface area (Å²) < 4.78 is 13.6. The zero-order valence-electron chi connectivity index (χ0n) is 13.1. The molecule has 2 aliphatic heterocycles. The van der Waals surface area contributed by atoms with Crippen molar-refractivity contribution in [2.24, 2.45) is 5.73 Å². The Morgan fingerprint density at radius 3 is 2.86 bits per heavy atom. The monoisotopic (exact) mass is 291 g/mol. The maximum Gasteiger partial charge on any atom is 0.123 e. The van der Waals surface area contributed by atoms with Crippen LogP contribution in [0.4, 0.5) is 10.1 Å². The van der Waals surface area contributed by atoms with Gasteiger partial charge in [0.1, 0.15) is 5.82 Å². The zero-order chi connectivity index (χ0) is 15.0. The van der Waals surface area contributed by atoms with Gasteiger partial charge < -0.3 is 10.6 Å². The number of benzene rings is 1. The Balaban J connectivity index is 1.89. The molecule has 3 rings (SSSR count). The normalized spacial score (nSPS) is 28.3. The maximum atomic E-state index is 13.6. The van der Waals surface area contributed by atoms with Crippen LogP contribution in [-0.4, -0.2) is 36.6 Å². The number of rotatable bonds is 2. The molecule has 3 atom stereocenters. The molecule has 2 heterocycles. The lowest BCUT2D eigenvalue weighted by atomic mass is 9.95. The molecule has 0 spiro atoms. The van der Waals surface area contributed by atoms with Gasteiger partial charge in [-0.1, -0.05) is 6.42 Å². The second-order valence-electron chi connectivity index (χ2n) is 6.64. The van der Waals surface area contributed by atoms with Gasteiger partial charge in [0.15, 0.2) is 0 Å². The van der Waals surface area contributed by atoms with Crippen molar-refractivity contribution in [1.29, 1.82) is 0 Å². The molecular formula is C17H26FN3. The van der Waals surface area contributed by atoms with Crippen molar-refractivity contribution in [3.63, 3.8) is 0 Å². The van der Waals surface area contributed by atoms with E-state index in [9.17, 15) is 4.39 Å². The number of hydrogen-bond donors (Lipinski definition) is 1. The molecule has 2 fully saturated rings. The maximum absolute atomic E-state index is 13.6. The van der Waals surface area contributed by atoms with Crippen LogP contribution >= 0.6 is 0 Å². The van der Waals surface area contributed by atoms with Crippen LogP contribution in [0.1, 0.15) is 44.7 Å². The van der Waals surface area contributed by atoms with Crippen LogP contribution in [0.5, 0.6) is 0 Å². The first-order chi connectivity index (χ1) is 10.1. The standard InChI is InChI=1S/C17H26FN3/c1-12-10-20-8-4-3-5-15(20)11-21(12)17-7-6-14(18)9-16(17)13(2)19/h6-7,9,12-13,15H,3-5,8,10-11,19H2,1-2H3. The molecule has 21 heavy (non-hydrogen) atoms. The minimum atomic E-state index is -0.199. The fourth-order valence-corrected chi connectivity index (χ4v) is 3.84. The summed E-state index contributed by atoms with van der Waals surface area (Å²) in [6.07, 6.45) is 3.93. The summed E-state index contributed by atoms with van der Waals surface area (Å²) in [4.78, 5) is 5.06.